The second-order valence-corrected chi connectivity index (χ2v) is 15.3. The summed E-state index contributed by atoms with van der Waals surface area (Å²) in [5.74, 6) is -0.0455. The highest BCUT2D eigenvalue weighted by molar-refractivity contribution is 7.92. The molecular weight excluding hydrogens is 608 g/mol. The van der Waals surface area contributed by atoms with Gasteiger partial charge in [-0.25, -0.2) is 8.42 Å². The zero-order chi connectivity index (χ0) is 33.6. The number of sulfonamides is 1. The molecule has 0 bridgehead atoms. The molecule has 0 spiro atoms. The van der Waals surface area contributed by atoms with Gasteiger partial charge in [-0.2, -0.15) is 0 Å². The predicted molar refractivity (Wildman–Crippen MR) is 180 cm³/mol. The monoisotopic (exact) mass is 654 g/mol. The quantitative estimate of drug-likeness (QED) is 0.338. The lowest BCUT2D eigenvalue weighted by Crippen LogP contribution is -2.52. The molecule has 250 valence electrons. The first-order valence-electron chi connectivity index (χ1n) is 15.5. The molecular formula is C33H46N6O6S. The van der Waals surface area contributed by atoms with Crippen molar-refractivity contribution >= 4 is 44.1 Å². The molecule has 3 N–H and O–H groups in total. The zero-order valence-corrected chi connectivity index (χ0v) is 28.6. The number of aryl methyl sites for hydroxylation is 1. The Morgan fingerprint density at radius 3 is 2.30 bits per heavy atom. The number of para-hydroxylation sites is 1. The third-order valence-electron chi connectivity index (χ3n) is 8.96. The molecule has 0 saturated carbocycles. The van der Waals surface area contributed by atoms with Crippen molar-refractivity contribution in [3.63, 3.8) is 0 Å². The number of fused-ring (bicyclic) bond motifs is 1. The number of piperazine rings is 1. The summed E-state index contributed by atoms with van der Waals surface area (Å²) in [7, 11) is 1.58. The van der Waals surface area contributed by atoms with Gasteiger partial charge in [0.25, 0.3) is 5.91 Å². The Labute approximate surface area is 271 Å². The molecule has 0 radical (unpaired) electrons. The lowest BCUT2D eigenvalue weighted by Gasteiger charge is -2.37. The van der Waals surface area contributed by atoms with Gasteiger partial charge in [-0.15, -0.1) is 0 Å². The van der Waals surface area contributed by atoms with Crippen LogP contribution in [0.25, 0.3) is 10.9 Å². The van der Waals surface area contributed by atoms with E-state index in [0.29, 0.717) is 44.0 Å². The van der Waals surface area contributed by atoms with Crippen LogP contribution in [0.15, 0.2) is 36.4 Å². The fourth-order valence-corrected chi connectivity index (χ4v) is 7.07. The van der Waals surface area contributed by atoms with Crippen molar-refractivity contribution in [1.29, 1.82) is 0 Å². The van der Waals surface area contributed by atoms with Gasteiger partial charge >= 0.3 is 0 Å². The van der Waals surface area contributed by atoms with Gasteiger partial charge in [-0.05, 0) is 48.2 Å². The summed E-state index contributed by atoms with van der Waals surface area (Å²) in [5.41, 5.74) is 3.57. The molecule has 13 heteroatoms. The number of aromatic nitrogens is 1. The number of carbonyl (C=O) groups is 2. The van der Waals surface area contributed by atoms with Crippen molar-refractivity contribution in [1.82, 2.24) is 19.3 Å². The van der Waals surface area contributed by atoms with E-state index in [1.807, 2.05) is 73.5 Å². The number of β-amino-alcohol motifs (C(OH)–C–C–N with tert-alkyl or cyclic N) is 1. The number of amides is 2. The minimum absolute atomic E-state index is 0.0859. The van der Waals surface area contributed by atoms with Crippen molar-refractivity contribution in [2.75, 3.05) is 63.2 Å². The molecule has 2 saturated heterocycles. The highest BCUT2D eigenvalue weighted by Gasteiger charge is 2.37. The predicted octanol–water partition coefficient (Wildman–Crippen LogP) is 2.82. The van der Waals surface area contributed by atoms with Crippen molar-refractivity contribution in [3.8, 4) is 5.75 Å². The number of likely N-dealkylation sites (tertiary alicyclic amines) is 1. The SMILES string of the molecule is COc1c(NC(=O)c2cc3cccc(CN4CCN(C(=O)[C@@H]5C[C@@H](O)CN5C)CC4)c3n2C)cc(C(C)(C)C)cc1NS(C)(=O)=O. The first kappa shape index (κ1) is 33.7. The molecule has 1 aromatic heterocycles. The normalized spacial score (nSPS) is 19.9. The summed E-state index contributed by atoms with van der Waals surface area (Å²) in [6.07, 6.45) is 1.10. The zero-order valence-electron chi connectivity index (χ0n) is 27.8. The van der Waals surface area contributed by atoms with Gasteiger partial charge in [0, 0.05) is 51.7 Å². The average Bonchev–Trinajstić information content (AvgIpc) is 3.49. The number of aliphatic hydroxyl groups excluding tert-OH is 1. The molecule has 2 atom stereocenters. The summed E-state index contributed by atoms with van der Waals surface area (Å²) < 4.78 is 34.3. The van der Waals surface area contributed by atoms with E-state index in [4.69, 9.17) is 4.74 Å². The van der Waals surface area contributed by atoms with E-state index in [-0.39, 0.29) is 34.7 Å². The van der Waals surface area contributed by atoms with Crippen LogP contribution in [0, 0.1) is 0 Å². The Bertz CT molecular complexity index is 1740. The second kappa shape index (κ2) is 12.9. The number of methoxy groups -OCH3 is 1. The Kier molecular flexibility index (Phi) is 9.42. The van der Waals surface area contributed by atoms with E-state index in [0.717, 1.165) is 41.4 Å². The van der Waals surface area contributed by atoms with Crippen LogP contribution in [0.4, 0.5) is 11.4 Å². The average molecular weight is 655 g/mol. The Balaban J connectivity index is 1.35. The molecule has 0 aliphatic carbocycles. The highest BCUT2D eigenvalue weighted by Crippen LogP contribution is 2.39. The maximum Gasteiger partial charge on any atom is 0.272 e. The van der Waals surface area contributed by atoms with Crippen LogP contribution in [-0.4, -0.2) is 110 Å². The molecule has 3 aromatic rings. The maximum absolute atomic E-state index is 13.8. The number of hydrogen-bond donors (Lipinski definition) is 3. The van der Waals surface area contributed by atoms with Gasteiger partial charge in [0.05, 0.1) is 42.4 Å². The molecule has 2 aliphatic heterocycles. The second-order valence-electron chi connectivity index (χ2n) is 13.6. The number of nitrogens with one attached hydrogen (secondary N) is 2. The molecule has 12 nitrogen and oxygen atoms in total. The van der Waals surface area contributed by atoms with Crippen molar-refractivity contribution in [2.24, 2.45) is 7.05 Å². The Hall–Kier alpha value is -3.65. The van der Waals surface area contributed by atoms with E-state index >= 15 is 0 Å². The number of ether oxygens (including phenoxy) is 1. The number of carbonyl (C=O) groups excluding carboxylic acids is 2. The fraction of sp³-hybridized carbons (Fsp3) is 0.515. The van der Waals surface area contributed by atoms with Crippen LogP contribution in [0.2, 0.25) is 0 Å². The lowest BCUT2D eigenvalue weighted by atomic mass is 9.86. The summed E-state index contributed by atoms with van der Waals surface area (Å²) in [5, 5.41) is 13.9. The van der Waals surface area contributed by atoms with Crippen molar-refractivity contribution < 1.29 is 27.9 Å². The van der Waals surface area contributed by atoms with E-state index in [2.05, 4.69) is 21.0 Å². The number of likely N-dealkylation sites (N-methyl/N-ethyl adjacent to an activating group) is 1. The summed E-state index contributed by atoms with van der Waals surface area (Å²) in [4.78, 5) is 33.0. The Morgan fingerprint density at radius 1 is 1.04 bits per heavy atom. The fourth-order valence-electron chi connectivity index (χ4n) is 6.52. The largest absolute Gasteiger partial charge is 0.492 e. The summed E-state index contributed by atoms with van der Waals surface area (Å²) in [6.45, 7) is 9.92. The number of benzene rings is 2. The highest BCUT2D eigenvalue weighted by atomic mass is 32.2. The number of aliphatic hydroxyl groups is 1. The van der Waals surface area contributed by atoms with Crippen LogP contribution >= 0.6 is 0 Å². The minimum atomic E-state index is -3.61. The van der Waals surface area contributed by atoms with Gasteiger partial charge in [0.2, 0.25) is 15.9 Å². The first-order valence-corrected chi connectivity index (χ1v) is 17.4. The third-order valence-corrected chi connectivity index (χ3v) is 9.55. The van der Waals surface area contributed by atoms with E-state index in [1.54, 1.807) is 6.07 Å². The van der Waals surface area contributed by atoms with Crippen LogP contribution in [0.5, 0.6) is 5.75 Å². The van der Waals surface area contributed by atoms with E-state index in [9.17, 15) is 23.1 Å². The number of hydrogen-bond acceptors (Lipinski definition) is 8. The standard InChI is InChI=1S/C33H46N6O6S/c1-33(2,3)23-16-25(30(45-6)26(17-23)35-46(7,43)44)34-31(41)27-15-21-9-8-10-22(29(21)37(27)5)19-38-11-13-39(14-12-38)32(42)28-18-24(40)20-36(28)4/h8-10,15-17,24,28,35,40H,11-14,18-20H2,1-7H3,(H,34,41)/t24-,28+/m1/s1. The Morgan fingerprint density at radius 2 is 1.72 bits per heavy atom. The van der Waals surface area contributed by atoms with E-state index < -0.39 is 16.1 Å². The van der Waals surface area contributed by atoms with Crippen LogP contribution in [0.3, 0.4) is 0 Å². The molecule has 2 aromatic carbocycles. The van der Waals surface area contributed by atoms with Crippen molar-refractivity contribution in [2.45, 2.75) is 51.3 Å². The molecule has 0 unspecified atom stereocenters. The van der Waals surface area contributed by atoms with Gasteiger partial charge in [0.1, 0.15) is 5.69 Å². The topological polar surface area (TPSA) is 136 Å². The van der Waals surface area contributed by atoms with Gasteiger partial charge in [0.15, 0.2) is 5.75 Å². The smallest absolute Gasteiger partial charge is 0.272 e. The van der Waals surface area contributed by atoms with Crippen LogP contribution in [0.1, 0.15) is 48.8 Å². The molecule has 46 heavy (non-hydrogen) atoms. The molecule has 5 rings (SSSR count). The van der Waals surface area contributed by atoms with E-state index in [1.165, 1.54) is 7.11 Å². The maximum atomic E-state index is 13.8. The first-order chi connectivity index (χ1) is 21.6. The minimum Gasteiger partial charge on any atom is -0.492 e. The number of anilines is 2. The number of rotatable bonds is 8. The summed E-state index contributed by atoms with van der Waals surface area (Å²) >= 11 is 0. The molecule has 2 fully saturated rings. The van der Waals surface area contributed by atoms with Crippen LogP contribution < -0.4 is 14.8 Å². The number of nitrogens with zero attached hydrogens (tertiary/aromatic N) is 4. The molecule has 3 heterocycles. The van der Waals surface area contributed by atoms with Gasteiger partial charge in [-0.1, -0.05) is 39.0 Å². The van der Waals surface area contributed by atoms with Gasteiger partial charge in [-0.3, -0.25) is 24.1 Å². The third kappa shape index (κ3) is 7.17. The summed E-state index contributed by atoms with van der Waals surface area (Å²) in [6, 6.07) is 11.2. The molecule has 2 amide bonds. The van der Waals surface area contributed by atoms with Crippen LogP contribution in [-0.2, 0) is 33.8 Å². The molecule has 2 aliphatic rings. The van der Waals surface area contributed by atoms with Gasteiger partial charge < -0.3 is 24.6 Å². The van der Waals surface area contributed by atoms with Crippen molar-refractivity contribution in [3.05, 3.63) is 53.2 Å². The lowest BCUT2D eigenvalue weighted by molar-refractivity contribution is -0.137.